The molecule has 1 saturated heterocycles. The second kappa shape index (κ2) is 9.34. The van der Waals surface area contributed by atoms with Crippen LogP contribution in [0.3, 0.4) is 0 Å². The second-order valence-corrected chi connectivity index (χ2v) is 13.3. The van der Waals surface area contributed by atoms with E-state index in [9.17, 15) is 8.94 Å². The highest BCUT2D eigenvalue weighted by molar-refractivity contribution is 7.90. The molecule has 3 aromatic rings. The number of aromatic nitrogens is 4. The van der Waals surface area contributed by atoms with Gasteiger partial charge in [-0.1, -0.05) is 35.3 Å². The highest BCUT2D eigenvalue weighted by Crippen LogP contribution is 2.48. The molecule has 2 aliphatic rings. The number of hydrogen-bond acceptors (Lipinski definition) is 6. The maximum absolute atomic E-state index is 14.9. The molecular weight excluding hydrogens is 510 g/mol. The quantitative estimate of drug-likeness (QED) is 0.428. The number of benzene rings is 1. The molecule has 35 heavy (non-hydrogen) atoms. The van der Waals surface area contributed by atoms with Gasteiger partial charge in [-0.05, 0) is 57.9 Å². The van der Waals surface area contributed by atoms with E-state index in [2.05, 4.69) is 24.8 Å². The van der Waals surface area contributed by atoms with E-state index in [1.54, 1.807) is 12.3 Å². The summed E-state index contributed by atoms with van der Waals surface area (Å²) < 4.78 is 30.3. The second-order valence-electron chi connectivity index (χ2n) is 10.5. The lowest BCUT2D eigenvalue weighted by Crippen LogP contribution is -2.55. The Kier molecular flexibility index (Phi) is 6.68. The van der Waals surface area contributed by atoms with Gasteiger partial charge in [-0.15, -0.1) is 4.72 Å². The molecule has 11 heteroatoms. The highest BCUT2D eigenvalue weighted by Gasteiger charge is 2.53. The first-order chi connectivity index (χ1) is 16.6. The van der Waals surface area contributed by atoms with Gasteiger partial charge in [-0.3, -0.25) is 5.10 Å². The summed E-state index contributed by atoms with van der Waals surface area (Å²) in [5.74, 6) is 0.748. The number of rotatable bonds is 4. The SMILES string of the molecule is CC(C)(C)[S+]([O-])NC1C(F)CCC12CCN(c1cnc3c(-c4cccc(Cl)c4Cl)n[nH]c3n1)CC2. The minimum Gasteiger partial charge on any atom is -0.598 e. The van der Waals surface area contributed by atoms with E-state index >= 15 is 0 Å². The molecule has 1 aliphatic heterocycles. The van der Waals surface area contributed by atoms with Gasteiger partial charge >= 0.3 is 0 Å². The van der Waals surface area contributed by atoms with Crippen LogP contribution in [0.1, 0.15) is 46.5 Å². The zero-order chi connectivity index (χ0) is 25.0. The molecule has 1 saturated carbocycles. The summed E-state index contributed by atoms with van der Waals surface area (Å²) in [5.41, 5.74) is 2.29. The van der Waals surface area contributed by atoms with Gasteiger partial charge in [-0.2, -0.15) is 5.10 Å². The van der Waals surface area contributed by atoms with Crippen LogP contribution in [-0.2, 0) is 11.4 Å². The third kappa shape index (κ3) is 4.62. The molecule has 2 N–H and O–H groups in total. The van der Waals surface area contributed by atoms with Crippen molar-refractivity contribution in [1.82, 2.24) is 24.9 Å². The molecule has 0 radical (unpaired) electrons. The van der Waals surface area contributed by atoms with Crippen LogP contribution < -0.4 is 9.62 Å². The number of hydrogen-bond donors (Lipinski definition) is 2. The summed E-state index contributed by atoms with van der Waals surface area (Å²) in [7, 11) is 0. The minimum absolute atomic E-state index is 0.196. The van der Waals surface area contributed by atoms with Crippen molar-refractivity contribution in [3.05, 3.63) is 34.4 Å². The summed E-state index contributed by atoms with van der Waals surface area (Å²) in [5, 5.41) is 8.23. The zero-order valence-electron chi connectivity index (χ0n) is 19.9. The van der Waals surface area contributed by atoms with Crippen LogP contribution in [0.5, 0.6) is 0 Å². The molecular formula is C24H29Cl2FN6OS. The average molecular weight is 540 g/mol. The lowest BCUT2D eigenvalue weighted by molar-refractivity contribution is 0.154. The molecule has 7 nitrogen and oxygen atoms in total. The smallest absolute Gasteiger partial charge is 0.177 e. The molecule has 1 aromatic carbocycles. The highest BCUT2D eigenvalue weighted by atomic mass is 35.5. The normalized spacial score (nSPS) is 23.3. The molecule has 188 valence electrons. The number of nitrogens with one attached hydrogen (secondary N) is 2. The Morgan fingerprint density at radius 1 is 1.23 bits per heavy atom. The van der Waals surface area contributed by atoms with Crippen molar-refractivity contribution in [3.8, 4) is 11.3 Å². The first-order valence-electron chi connectivity index (χ1n) is 11.8. The summed E-state index contributed by atoms with van der Waals surface area (Å²) in [6.45, 7) is 7.18. The molecule has 3 heterocycles. The van der Waals surface area contributed by atoms with Crippen molar-refractivity contribution >= 4 is 51.5 Å². The van der Waals surface area contributed by atoms with E-state index in [0.717, 1.165) is 38.2 Å². The molecule has 3 atom stereocenters. The third-order valence-corrected chi connectivity index (χ3v) is 9.68. The van der Waals surface area contributed by atoms with Gasteiger partial charge in [0.2, 0.25) is 0 Å². The molecule has 0 amide bonds. The Labute approximate surface area is 217 Å². The number of H-pyrrole nitrogens is 1. The molecule has 2 fully saturated rings. The van der Waals surface area contributed by atoms with Crippen molar-refractivity contribution in [2.45, 2.75) is 63.4 Å². The topological polar surface area (TPSA) is 92.8 Å². The van der Waals surface area contributed by atoms with Crippen LogP contribution in [0.15, 0.2) is 24.4 Å². The Bertz CT molecular complexity index is 1230. The fraction of sp³-hybridized carbons (Fsp3) is 0.542. The average Bonchev–Trinajstić information content (AvgIpc) is 3.37. The number of fused-ring (bicyclic) bond motifs is 1. The Morgan fingerprint density at radius 2 is 1.97 bits per heavy atom. The summed E-state index contributed by atoms with van der Waals surface area (Å²) in [6, 6.07) is 5.00. The predicted molar refractivity (Wildman–Crippen MR) is 140 cm³/mol. The Morgan fingerprint density at radius 3 is 2.69 bits per heavy atom. The van der Waals surface area contributed by atoms with E-state index in [1.165, 1.54) is 0 Å². The van der Waals surface area contributed by atoms with Crippen molar-refractivity contribution in [2.24, 2.45) is 5.41 Å². The van der Waals surface area contributed by atoms with Gasteiger partial charge in [0, 0.05) is 30.0 Å². The van der Waals surface area contributed by atoms with Crippen LogP contribution in [0, 0.1) is 5.41 Å². The number of piperidine rings is 1. The Balaban J connectivity index is 1.33. The van der Waals surface area contributed by atoms with Crippen LogP contribution >= 0.6 is 23.2 Å². The van der Waals surface area contributed by atoms with E-state index in [1.807, 2.05) is 32.9 Å². The largest absolute Gasteiger partial charge is 0.598 e. The van der Waals surface area contributed by atoms with E-state index in [-0.39, 0.29) is 5.41 Å². The van der Waals surface area contributed by atoms with Crippen molar-refractivity contribution in [2.75, 3.05) is 18.0 Å². The van der Waals surface area contributed by atoms with Gasteiger partial charge in [0.05, 0.1) is 22.3 Å². The maximum atomic E-state index is 14.9. The fourth-order valence-corrected chi connectivity index (χ4v) is 6.56. The van der Waals surface area contributed by atoms with Crippen molar-refractivity contribution in [1.29, 1.82) is 0 Å². The standard InChI is InChI=1S/C24H29Cl2FN6OS/c1-23(2,3)35(34)32-21-16(27)7-8-24(21)9-11-33(12-10-24)17-13-28-20-19(30-31-22(20)29-17)14-5-4-6-15(25)18(14)26/h4-6,13,16,21,32H,7-12H2,1-3H3,(H,29,30,31). The van der Waals surface area contributed by atoms with Crippen molar-refractivity contribution in [3.63, 3.8) is 0 Å². The van der Waals surface area contributed by atoms with Gasteiger partial charge in [0.15, 0.2) is 5.65 Å². The number of alkyl halides is 1. The monoisotopic (exact) mass is 538 g/mol. The molecule has 5 rings (SSSR count). The first-order valence-corrected chi connectivity index (χ1v) is 13.7. The number of nitrogens with zero attached hydrogens (tertiary/aromatic N) is 4. The summed E-state index contributed by atoms with van der Waals surface area (Å²) >= 11 is 11.2. The molecule has 0 bridgehead atoms. The summed E-state index contributed by atoms with van der Waals surface area (Å²) in [6.07, 6.45) is 3.68. The number of anilines is 1. The number of halogens is 3. The molecule has 3 unspecified atom stereocenters. The van der Waals surface area contributed by atoms with Crippen LogP contribution in [0.2, 0.25) is 10.0 Å². The molecule has 1 spiro atoms. The Hall–Kier alpha value is -1.65. The van der Waals surface area contributed by atoms with Crippen LogP contribution in [0.25, 0.3) is 22.4 Å². The van der Waals surface area contributed by atoms with Gasteiger partial charge in [0.25, 0.3) is 0 Å². The van der Waals surface area contributed by atoms with Crippen LogP contribution in [0.4, 0.5) is 10.2 Å². The van der Waals surface area contributed by atoms with E-state index in [4.69, 9.17) is 28.2 Å². The van der Waals surface area contributed by atoms with Gasteiger partial charge in [0.1, 0.15) is 27.9 Å². The molecule has 1 aliphatic carbocycles. The fourth-order valence-electron chi connectivity index (χ4n) is 5.18. The first kappa shape index (κ1) is 25.0. The lowest BCUT2D eigenvalue weighted by Gasteiger charge is -2.44. The third-order valence-electron chi connectivity index (χ3n) is 7.28. The maximum Gasteiger partial charge on any atom is 0.177 e. The van der Waals surface area contributed by atoms with Crippen molar-refractivity contribution < 1.29 is 8.94 Å². The lowest BCUT2D eigenvalue weighted by atomic mass is 9.74. The van der Waals surface area contributed by atoms with E-state index in [0.29, 0.717) is 38.9 Å². The number of aromatic amines is 1. The van der Waals surface area contributed by atoms with Gasteiger partial charge in [-0.25, -0.2) is 14.4 Å². The predicted octanol–water partition coefficient (Wildman–Crippen LogP) is 5.47. The van der Waals surface area contributed by atoms with Crippen LogP contribution in [-0.4, -0.2) is 54.8 Å². The molecule has 2 aromatic heterocycles. The summed E-state index contributed by atoms with van der Waals surface area (Å²) in [4.78, 5) is 11.6. The van der Waals surface area contributed by atoms with Gasteiger partial charge < -0.3 is 9.45 Å². The zero-order valence-corrected chi connectivity index (χ0v) is 22.3. The minimum atomic E-state index is -1.31. The van der Waals surface area contributed by atoms with E-state index < -0.39 is 28.3 Å².